The van der Waals surface area contributed by atoms with E-state index >= 15 is 0 Å². The van der Waals surface area contributed by atoms with Gasteiger partial charge in [-0.05, 0) is 30.5 Å². The summed E-state index contributed by atoms with van der Waals surface area (Å²) in [5.41, 5.74) is 7.00. The number of ether oxygens (including phenoxy) is 1. The van der Waals surface area contributed by atoms with E-state index in [2.05, 4.69) is 4.90 Å². The highest BCUT2D eigenvalue weighted by atomic mass is 19.1. The van der Waals surface area contributed by atoms with Gasteiger partial charge in [0.25, 0.3) is 0 Å². The van der Waals surface area contributed by atoms with Gasteiger partial charge in [0.05, 0.1) is 11.8 Å². The maximum Gasteiger partial charge on any atom is 0.146 e. The highest BCUT2D eigenvalue weighted by molar-refractivity contribution is 5.49. The largest absolute Gasteiger partial charge is 0.381 e. The maximum absolute atomic E-state index is 13.9. The van der Waals surface area contributed by atoms with Crippen LogP contribution in [0.25, 0.3) is 0 Å². The molecule has 17 heavy (non-hydrogen) atoms. The first-order chi connectivity index (χ1) is 8.24. The highest BCUT2D eigenvalue weighted by Gasteiger charge is 2.20. The SMILES string of the molecule is COC1CCN(c2ccc(CN)cc2F)CC1. The maximum atomic E-state index is 13.9. The van der Waals surface area contributed by atoms with Crippen LogP contribution in [-0.2, 0) is 11.3 Å². The van der Waals surface area contributed by atoms with Crippen molar-refractivity contribution < 1.29 is 9.13 Å². The highest BCUT2D eigenvalue weighted by Crippen LogP contribution is 2.24. The first-order valence-corrected chi connectivity index (χ1v) is 6.01. The van der Waals surface area contributed by atoms with Crippen LogP contribution >= 0.6 is 0 Å². The van der Waals surface area contributed by atoms with E-state index in [1.807, 2.05) is 12.1 Å². The number of halogens is 1. The van der Waals surface area contributed by atoms with Crippen LogP contribution in [0.3, 0.4) is 0 Å². The third-order valence-corrected chi connectivity index (χ3v) is 3.36. The molecule has 0 spiro atoms. The van der Waals surface area contributed by atoms with E-state index in [-0.39, 0.29) is 5.82 Å². The predicted octanol–water partition coefficient (Wildman–Crippen LogP) is 1.90. The Morgan fingerprint density at radius 3 is 2.65 bits per heavy atom. The minimum absolute atomic E-state index is 0.177. The number of nitrogens with two attached hydrogens (primary N) is 1. The quantitative estimate of drug-likeness (QED) is 0.874. The van der Waals surface area contributed by atoms with E-state index in [0.29, 0.717) is 18.3 Å². The van der Waals surface area contributed by atoms with Crippen LogP contribution in [0, 0.1) is 5.82 Å². The first-order valence-electron chi connectivity index (χ1n) is 6.01. The summed E-state index contributed by atoms with van der Waals surface area (Å²) >= 11 is 0. The fraction of sp³-hybridized carbons (Fsp3) is 0.538. The Balaban J connectivity index is 2.08. The Bertz CT molecular complexity index is 376. The van der Waals surface area contributed by atoms with Crippen LogP contribution in [0.5, 0.6) is 0 Å². The van der Waals surface area contributed by atoms with Crippen molar-refractivity contribution in [2.24, 2.45) is 5.73 Å². The Morgan fingerprint density at radius 2 is 2.12 bits per heavy atom. The summed E-state index contributed by atoms with van der Waals surface area (Å²) in [7, 11) is 1.73. The molecule has 0 radical (unpaired) electrons. The molecule has 0 aromatic heterocycles. The molecule has 0 bridgehead atoms. The fourth-order valence-electron chi connectivity index (χ4n) is 2.27. The van der Waals surface area contributed by atoms with E-state index in [1.54, 1.807) is 7.11 Å². The minimum atomic E-state index is -0.177. The second kappa shape index (κ2) is 5.47. The molecule has 94 valence electrons. The zero-order chi connectivity index (χ0) is 12.3. The molecule has 2 rings (SSSR count). The van der Waals surface area contributed by atoms with Gasteiger partial charge in [-0.3, -0.25) is 0 Å². The van der Waals surface area contributed by atoms with Crippen molar-refractivity contribution in [3.63, 3.8) is 0 Å². The summed E-state index contributed by atoms with van der Waals surface area (Å²) in [4.78, 5) is 2.07. The lowest BCUT2D eigenvalue weighted by molar-refractivity contribution is 0.0818. The Labute approximate surface area is 101 Å². The van der Waals surface area contributed by atoms with Crippen molar-refractivity contribution in [3.05, 3.63) is 29.6 Å². The molecule has 1 aromatic carbocycles. The molecule has 2 N–H and O–H groups in total. The van der Waals surface area contributed by atoms with Crippen molar-refractivity contribution in [2.75, 3.05) is 25.1 Å². The Kier molecular flexibility index (Phi) is 3.97. The molecule has 1 saturated heterocycles. The normalized spacial score (nSPS) is 17.5. The summed E-state index contributed by atoms with van der Waals surface area (Å²) in [5.74, 6) is -0.177. The molecular formula is C13H19FN2O. The Hall–Kier alpha value is -1.13. The summed E-state index contributed by atoms with van der Waals surface area (Å²) in [6.45, 7) is 2.07. The minimum Gasteiger partial charge on any atom is -0.381 e. The third-order valence-electron chi connectivity index (χ3n) is 3.36. The zero-order valence-electron chi connectivity index (χ0n) is 10.2. The topological polar surface area (TPSA) is 38.5 Å². The predicted molar refractivity (Wildman–Crippen MR) is 66.5 cm³/mol. The smallest absolute Gasteiger partial charge is 0.146 e. The number of nitrogens with zero attached hydrogens (tertiary/aromatic N) is 1. The van der Waals surface area contributed by atoms with Crippen molar-refractivity contribution >= 4 is 5.69 Å². The lowest BCUT2D eigenvalue weighted by Crippen LogP contribution is -2.37. The number of hydrogen-bond acceptors (Lipinski definition) is 3. The average Bonchev–Trinajstić information content (AvgIpc) is 2.39. The second-order valence-corrected chi connectivity index (χ2v) is 4.41. The van der Waals surface area contributed by atoms with Crippen LogP contribution in [0.1, 0.15) is 18.4 Å². The van der Waals surface area contributed by atoms with E-state index < -0.39 is 0 Å². The third kappa shape index (κ3) is 2.76. The summed E-state index contributed by atoms with van der Waals surface area (Å²) in [6, 6.07) is 5.24. The lowest BCUT2D eigenvalue weighted by Gasteiger charge is -2.33. The van der Waals surface area contributed by atoms with Gasteiger partial charge in [0.15, 0.2) is 0 Å². The standard InChI is InChI=1S/C13H19FN2O/c1-17-11-4-6-16(7-5-11)13-3-2-10(9-15)8-12(13)14/h2-3,8,11H,4-7,9,15H2,1H3. The molecule has 1 fully saturated rings. The van der Waals surface area contributed by atoms with E-state index in [1.165, 1.54) is 6.07 Å². The molecule has 1 aliphatic rings. The van der Waals surface area contributed by atoms with Crippen LogP contribution in [0.15, 0.2) is 18.2 Å². The van der Waals surface area contributed by atoms with Crippen LogP contribution in [0.4, 0.5) is 10.1 Å². The second-order valence-electron chi connectivity index (χ2n) is 4.41. The molecule has 0 amide bonds. The summed E-state index contributed by atoms with van der Waals surface area (Å²) < 4.78 is 19.2. The first kappa shape index (κ1) is 12.3. The van der Waals surface area contributed by atoms with Crippen molar-refractivity contribution in [1.82, 2.24) is 0 Å². The molecule has 1 heterocycles. The fourth-order valence-corrected chi connectivity index (χ4v) is 2.27. The molecule has 0 atom stereocenters. The molecular weight excluding hydrogens is 219 g/mol. The van der Waals surface area contributed by atoms with Gasteiger partial charge in [-0.1, -0.05) is 6.07 Å². The lowest BCUT2D eigenvalue weighted by atomic mass is 10.1. The number of benzene rings is 1. The number of rotatable bonds is 3. The van der Waals surface area contributed by atoms with Crippen molar-refractivity contribution in [3.8, 4) is 0 Å². The number of anilines is 1. The molecule has 1 aliphatic heterocycles. The molecule has 0 unspecified atom stereocenters. The average molecular weight is 238 g/mol. The van der Waals surface area contributed by atoms with E-state index in [9.17, 15) is 4.39 Å². The van der Waals surface area contributed by atoms with Crippen molar-refractivity contribution in [1.29, 1.82) is 0 Å². The number of methoxy groups -OCH3 is 1. The van der Waals surface area contributed by atoms with Gasteiger partial charge in [-0.15, -0.1) is 0 Å². The summed E-state index contributed by atoms with van der Waals surface area (Å²) in [5, 5.41) is 0. The van der Waals surface area contributed by atoms with Gasteiger partial charge in [0, 0.05) is 26.7 Å². The summed E-state index contributed by atoms with van der Waals surface area (Å²) in [6.07, 6.45) is 2.22. The molecule has 0 aliphatic carbocycles. The zero-order valence-corrected chi connectivity index (χ0v) is 10.2. The molecule has 4 heteroatoms. The molecule has 3 nitrogen and oxygen atoms in total. The van der Waals surface area contributed by atoms with Gasteiger partial charge < -0.3 is 15.4 Å². The monoisotopic (exact) mass is 238 g/mol. The van der Waals surface area contributed by atoms with Crippen LogP contribution < -0.4 is 10.6 Å². The van der Waals surface area contributed by atoms with Gasteiger partial charge >= 0.3 is 0 Å². The van der Waals surface area contributed by atoms with Crippen molar-refractivity contribution in [2.45, 2.75) is 25.5 Å². The van der Waals surface area contributed by atoms with Gasteiger partial charge in [0.1, 0.15) is 5.82 Å². The molecule has 0 saturated carbocycles. The molecule has 1 aromatic rings. The Morgan fingerprint density at radius 1 is 1.41 bits per heavy atom. The van der Waals surface area contributed by atoms with Gasteiger partial charge in [0.2, 0.25) is 0 Å². The van der Waals surface area contributed by atoms with E-state index in [4.69, 9.17) is 10.5 Å². The van der Waals surface area contributed by atoms with Gasteiger partial charge in [-0.25, -0.2) is 4.39 Å². The van der Waals surface area contributed by atoms with E-state index in [0.717, 1.165) is 31.5 Å². The van der Waals surface area contributed by atoms with Crippen LogP contribution in [-0.4, -0.2) is 26.3 Å². The number of piperidine rings is 1. The van der Waals surface area contributed by atoms with Gasteiger partial charge in [-0.2, -0.15) is 0 Å². The van der Waals surface area contributed by atoms with Crippen LogP contribution in [0.2, 0.25) is 0 Å². The number of hydrogen-bond donors (Lipinski definition) is 1.